The Labute approximate surface area is 205 Å². The third-order valence-corrected chi connectivity index (χ3v) is 7.82. The molecule has 0 saturated carbocycles. The predicted octanol–water partition coefficient (Wildman–Crippen LogP) is 1.48. The van der Waals surface area contributed by atoms with E-state index in [1.807, 2.05) is 50.3 Å². The van der Waals surface area contributed by atoms with Crippen LogP contribution in [0.5, 0.6) is 0 Å². The molecule has 2 amide bonds. The highest BCUT2D eigenvalue weighted by molar-refractivity contribution is 5.99. The number of hydrogen-bond acceptors (Lipinski definition) is 6. The third-order valence-electron chi connectivity index (χ3n) is 7.82. The van der Waals surface area contributed by atoms with E-state index in [4.69, 9.17) is 9.47 Å². The monoisotopic (exact) mass is 480 g/mol. The van der Waals surface area contributed by atoms with Crippen LogP contribution in [0.1, 0.15) is 26.3 Å². The van der Waals surface area contributed by atoms with E-state index >= 15 is 0 Å². The van der Waals surface area contributed by atoms with Gasteiger partial charge in [0, 0.05) is 12.6 Å². The van der Waals surface area contributed by atoms with Crippen molar-refractivity contribution < 1.29 is 29.0 Å². The molecule has 1 N–H and O–H groups in total. The molecule has 1 unspecified atom stereocenters. The molecule has 35 heavy (non-hydrogen) atoms. The number of benzene rings is 1. The largest absolute Gasteiger partial charge is 0.461 e. The zero-order chi connectivity index (χ0) is 25.0. The molecule has 1 aromatic carbocycles. The van der Waals surface area contributed by atoms with Crippen molar-refractivity contribution in [1.29, 1.82) is 0 Å². The predicted molar refractivity (Wildman–Crippen MR) is 127 cm³/mol. The maximum absolute atomic E-state index is 14.2. The molecule has 0 radical (unpaired) electrons. The summed E-state index contributed by atoms with van der Waals surface area (Å²) in [5.74, 6) is -2.97. The highest BCUT2D eigenvalue weighted by Crippen LogP contribution is 2.57. The van der Waals surface area contributed by atoms with Gasteiger partial charge in [-0.15, -0.1) is 0 Å². The van der Waals surface area contributed by atoms with Crippen molar-refractivity contribution in [2.45, 2.75) is 56.5 Å². The lowest BCUT2D eigenvalue weighted by atomic mass is 9.75. The van der Waals surface area contributed by atoms with E-state index in [1.54, 1.807) is 30.1 Å². The lowest BCUT2D eigenvalue weighted by molar-refractivity contribution is -0.160. The van der Waals surface area contributed by atoms with Gasteiger partial charge in [-0.3, -0.25) is 14.4 Å². The summed E-state index contributed by atoms with van der Waals surface area (Å²) < 4.78 is 12.1. The quantitative estimate of drug-likeness (QED) is 0.507. The Hall–Kier alpha value is -2.97. The first kappa shape index (κ1) is 23.8. The van der Waals surface area contributed by atoms with Crippen LogP contribution in [0.25, 0.3) is 0 Å². The maximum Gasteiger partial charge on any atom is 0.313 e. The summed E-state index contributed by atoms with van der Waals surface area (Å²) in [6, 6.07) is 7.78. The van der Waals surface area contributed by atoms with Crippen LogP contribution >= 0.6 is 0 Å². The van der Waals surface area contributed by atoms with E-state index in [1.165, 1.54) is 4.90 Å². The molecular formula is C27H32N2O6. The van der Waals surface area contributed by atoms with Crippen molar-refractivity contribution in [3.8, 4) is 0 Å². The lowest BCUT2D eigenvalue weighted by Crippen LogP contribution is -2.59. The second-order valence-corrected chi connectivity index (χ2v) is 10.3. The molecule has 1 spiro atoms. The van der Waals surface area contributed by atoms with Crippen molar-refractivity contribution in [2.24, 2.45) is 11.8 Å². The van der Waals surface area contributed by atoms with Crippen LogP contribution in [-0.2, 0) is 30.3 Å². The highest BCUT2D eigenvalue weighted by atomic mass is 16.6. The number of aliphatic hydroxyl groups is 1. The summed E-state index contributed by atoms with van der Waals surface area (Å²) in [5.41, 5.74) is -1.50. The number of fused-ring (bicyclic) bond motifs is 2. The Morgan fingerprint density at radius 2 is 1.80 bits per heavy atom. The summed E-state index contributed by atoms with van der Waals surface area (Å²) >= 11 is 0. The van der Waals surface area contributed by atoms with E-state index in [-0.39, 0.29) is 31.1 Å². The minimum absolute atomic E-state index is 0.104. The summed E-state index contributed by atoms with van der Waals surface area (Å²) in [7, 11) is 0. The van der Waals surface area contributed by atoms with Crippen LogP contribution in [0.3, 0.4) is 0 Å². The summed E-state index contributed by atoms with van der Waals surface area (Å²) in [6.07, 6.45) is 7.53. The second kappa shape index (κ2) is 8.60. The van der Waals surface area contributed by atoms with Gasteiger partial charge < -0.3 is 24.4 Å². The molecule has 6 atom stereocenters. The van der Waals surface area contributed by atoms with Gasteiger partial charge in [0.2, 0.25) is 11.8 Å². The number of rotatable bonds is 5. The number of carbonyl (C=O) groups excluding carboxylic acids is 3. The van der Waals surface area contributed by atoms with Gasteiger partial charge in [-0.05, 0) is 38.8 Å². The molecule has 2 saturated heterocycles. The van der Waals surface area contributed by atoms with Gasteiger partial charge in [0.1, 0.15) is 24.2 Å². The number of cyclic esters (lactones) is 1. The van der Waals surface area contributed by atoms with Crippen LogP contribution in [0.2, 0.25) is 0 Å². The van der Waals surface area contributed by atoms with E-state index < -0.39 is 41.1 Å². The second-order valence-electron chi connectivity index (χ2n) is 10.3. The van der Waals surface area contributed by atoms with Crippen LogP contribution in [-0.4, -0.2) is 81.8 Å². The Morgan fingerprint density at radius 3 is 2.49 bits per heavy atom. The fourth-order valence-electron chi connectivity index (χ4n) is 6.31. The first-order valence-corrected chi connectivity index (χ1v) is 12.2. The number of ether oxygens (including phenoxy) is 2. The fourth-order valence-corrected chi connectivity index (χ4v) is 6.31. The Bertz CT molecular complexity index is 1080. The summed E-state index contributed by atoms with van der Waals surface area (Å²) in [6.45, 7) is 5.78. The lowest BCUT2D eigenvalue weighted by Gasteiger charge is -2.40. The van der Waals surface area contributed by atoms with Gasteiger partial charge >= 0.3 is 5.97 Å². The van der Waals surface area contributed by atoms with Gasteiger partial charge in [-0.2, -0.15) is 0 Å². The zero-order valence-corrected chi connectivity index (χ0v) is 20.3. The molecule has 0 bridgehead atoms. The van der Waals surface area contributed by atoms with Crippen molar-refractivity contribution in [1.82, 2.24) is 9.80 Å². The molecule has 4 aliphatic heterocycles. The van der Waals surface area contributed by atoms with Crippen LogP contribution < -0.4 is 0 Å². The Balaban J connectivity index is 1.65. The maximum atomic E-state index is 14.2. The van der Waals surface area contributed by atoms with Crippen molar-refractivity contribution in [2.75, 3.05) is 19.8 Å². The van der Waals surface area contributed by atoms with Crippen LogP contribution in [0.15, 0.2) is 54.6 Å². The molecular weight excluding hydrogens is 448 g/mol. The molecule has 8 heteroatoms. The standard InChI is InChI=1S/C27H32N2O6/c1-17(2)28-13-7-12-27-20(21-25(33)34-14-8-11-26(21,3)35-27)23(31)29(22(27)24(28)32)19(16-30)15-18-9-5-4-6-10-18/h4-12,17,19-22,30H,13-16H2,1-3H3/t19-,20+,21+,22?,26-,27+/m1/s1. The molecule has 2 fully saturated rings. The average molecular weight is 481 g/mol. The van der Waals surface area contributed by atoms with Crippen LogP contribution in [0.4, 0.5) is 0 Å². The molecule has 8 nitrogen and oxygen atoms in total. The van der Waals surface area contributed by atoms with Crippen LogP contribution in [0, 0.1) is 11.8 Å². The highest BCUT2D eigenvalue weighted by Gasteiger charge is 2.75. The first-order chi connectivity index (χ1) is 16.7. The molecule has 4 aliphatic rings. The number of nitrogens with zero attached hydrogens (tertiary/aromatic N) is 2. The Morgan fingerprint density at radius 1 is 1.06 bits per heavy atom. The molecule has 186 valence electrons. The number of carbonyl (C=O) groups is 3. The normalized spacial score (nSPS) is 34.9. The third kappa shape index (κ3) is 3.53. The molecule has 0 aliphatic carbocycles. The van der Waals surface area contributed by atoms with Gasteiger partial charge in [-0.25, -0.2) is 0 Å². The zero-order valence-electron chi connectivity index (χ0n) is 20.3. The number of amides is 2. The fraction of sp³-hybridized carbons (Fsp3) is 0.519. The van der Waals surface area contributed by atoms with Crippen molar-refractivity contribution in [3.63, 3.8) is 0 Å². The van der Waals surface area contributed by atoms with Gasteiger partial charge in [-0.1, -0.05) is 48.6 Å². The number of likely N-dealkylation sites (tertiary alicyclic amines) is 1. The summed E-state index contributed by atoms with van der Waals surface area (Å²) in [5, 5.41) is 10.4. The smallest absolute Gasteiger partial charge is 0.313 e. The molecule has 1 aromatic rings. The Kier molecular flexibility index (Phi) is 5.84. The number of hydrogen-bond donors (Lipinski definition) is 1. The first-order valence-electron chi connectivity index (χ1n) is 12.2. The number of aliphatic hydroxyl groups excluding tert-OH is 1. The van der Waals surface area contributed by atoms with E-state index in [0.29, 0.717) is 13.0 Å². The van der Waals surface area contributed by atoms with Gasteiger partial charge in [0.15, 0.2) is 0 Å². The summed E-state index contributed by atoms with van der Waals surface area (Å²) in [4.78, 5) is 44.7. The van der Waals surface area contributed by atoms with Crippen molar-refractivity contribution in [3.05, 3.63) is 60.2 Å². The topological polar surface area (TPSA) is 96.4 Å². The average Bonchev–Trinajstić information content (AvgIpc) is 3.09. The van der Waals surface area contributed by atoms with E-state index in [9.17, 15) is 19.5 Å². The van der Waals surface area contributed by atoms with Crippen molar-refractivity contribution >= 4 is 17.8 Å². The van der Waals surface area contributed by atoms with Gasteiger partial charge in [0.05, 0.1) is 24.2 Å². The molecule has 5 rings (SSSR count). The van der Waals surface area contributed by atoms with E-state index in [2.05, 4.69) is 0 Å². The van der Waals surface area contributed by atoms with E-state index in [0.717, 1.165) is 5.56 Å². The minimum Gasteiger partial charge on any atom is -0.461 e. The number of esters is 1. The molecule has 4 heterocycles. The molecule has 0 aromatic heterocycles. The SMILES string of the molecule is CC(C)N1CC=C[C@]23O[C@]4(C)C=CCOC(=O)[C@@H]4[C@H]2C(=O)N([C@@H](CO)Cc2ccccc2)C3C1=O. The minimum atomic E-state index is -1.35. The van der Waals surface area contributed by atoms with Gasteiger partial charge in [0.25, 0.3) is 0 Å².